The molecular weight excluding hydrogens is 278 g/mol. The van der Waals surface area contributed by atoms with Crippen LogP contribution in [0.3, 0.4) is 0 Å². The van der Waals surface area contributed by atoms with E-state index in [2.05, 4.69) is 4.90 Å². The molecule has 0 aromatic heterocycles. The number of likely N-dealkylation sites (tertiary alicyclic amines) is 1. The molecule has 1 aromatic carbocycles. The molecule has 1 amide bonds. The van der Waals surface area contributed by atoms with Crippen LogP contribution in [0.15, 0.2) is 24.3 Å². The number of amides is 1. The minimum atomic E-state index is -0.914. The van der Waals surface area contributed by atoms with Crippen molar-refractivity contribution in [2.45, 2.75) is 51.0 Å². The van der Waals surface area contributed by atoms with Gasteiger partial charge in [-0.15, -0.1) is 0 Å². The van der Waals surface area contributed by atoms with Crippen molar-refractivity contribution in [3.8, 4) is 0 Å². The molecule has 1 aliphatic carbocycles. The molecule has 4 nitrogen and oxygen atoms in total. The van der Waals surface area contributed by atoms with Gasteiger partial charge in [0.2, 0.25) is 5.91 Å². The van der Waals surface area contributed by atoms with Gasteiger partial charge in [-0.2, -0.15) is 0 Å². The summed E-state index contributed by atoms with van der Waals surface area (Å²) in [5, 5.41) is 8.89. The van der Waals surface area contributed by atoms with E-state index >= 15 is 0 Å². The first-order chi connectivity index (χ1) is 10.6. The van der Waals surface area contributed by atoms with Crippen molar-refractivity contribution in [1.29, 1.82) is 0 Å². The fourth-order valence-electron chi connectivity index (χ4n) is 3.97. The Morgan fingerprint density at radius 1 is 1.09 bits per heavy atom. The number of nitrogens with zero attached hydrogens (tertiary/aromatic N) is 1. The summed E-state index contributed by atoms with van der Waals surface area (Å²) in [7, 11) is 0. The molecule has 118 valence electrons. The Morgan fingerprint density at radius 3 is 2.55 bits per heavy atom. The quantitative estimate of drug-likeness (QED) is 0.929. The summed E-state index contributed by atoms with van der Waals surface area (Å²) in [5.74, 6) is 0.0784. The third-order valence-corrected chi connectivity index (χ3v) is 5.14. The molecule has 22 heavy (non-hydrogen) atoms. The summed E-state index contributed by atoms with van der Waals surface area (Å²) in [6.45, 7) is 0.915. The summed E-state index contributed by atoms with van der Waals surface area (Å²) in [6.07, 6.45) is 7.35. The number of aromatic carboxylic acids is 1. The van der Waals surface area contributed by atoms with Crippen LogP contribution in [0.5, 0.6) is 0 Å². The third kappa shape index (κ3) is 3.16. The lowest BCUT2D eigenvalue weighted by molar-refractivity contribution is -0.135. The van der Waals surface area contributed by atoms with E-state index in [-0.39, 0.29) is 5.91 Å². The Balaban J connectivity index is 1.56. The normalized spacial score (nSPS) is 24.1. The number of benzene rings is 1. The zero-order chi connectivity index (χ0) is 15.5. The fraction of sp³-hybridized carbons (Fsp3) is 0.556. The van der Waals surface area contributed by atoms with E-state index in [0.29, 0.717) is 24.4 Å². The van der Waals surface area contributed by atoms with Gasteiger partial charge in [0.1, 0.15) is 0 Å². The maximum absolute atomic E-state index is 12.5. The predicted molar refractivity (Wildman–Crippen MR) is 83.8 cm³/mol. The number of fused-ring (bicyclic) bond motifs is 1. The number of hydrogen-bond acceptors (Lipinski definition) is 2. The number of aryl methyl sites for hydroxylation is 1. The van der Waals surface area contributed by atoms with Crippen LogP contribution in [0.1, 0.15) is 54.4 Å². The second-order valence-corrected chi connectivity index (χ2v) is 6.49. The van der Waals surface area contributed by atoms with E-state index in [1.807, 2.05) is 12.1 Å². The molecule has 3 rings (SSSR count). The molecule has 1 saturated carbocycles. The van der Waals surface area contributed by atoms with Crippen LogP contribution in [0, 0.1) is 5.92 Å². The maximum atomic E-state index is 12.5. The van der Waals surface area contributed by atoms with E-state index in [1.165, 1.54) is 25.7 Å². The third-order valence-electron chi connectivity index (χ3n) is 5.14. The largest absolute Gasteiger partial charge is 0.478 e. The Bertz CT molecular complexity index is 552. The molecule has 1 N–H and O–H groups in total. The van der Waals surface area contributed by atoms with Gasteiger partial charge in [0.15, 0.2) is 0 Å². The minimum Gasteiger partial charge on any atom is -0.478 e. The topological polar surface area (TPSA) is 57.6 Å². The first kappa shape index (κ1) is 15.1. The van der Waals surface area contributed by atoms with Crippen LogP contribution < -0.4 is 0 Å². The molecule has 1 heterocycles. The van der Waals surface area contributed by atoms with Gasteiger partial charge in [-0.05, 0) is 55.7 Å². The van der Waals surface area contributed by atoms with Gasteiger partial charge < -0.3 is 10.0 Å². The first-order valence-electron chi connectivity index (χ1n) is 8.27. The van der Waals surface area contributed by atoms with Crippen molar-refractivity contribution in [2.24, 2.45) is 5.92 Å². The molecular formula is C18H23NO3. The van der Waals surface area contributed by atoms with E-state index in [0.717, 1.165) is 24.4 Å². The van der Waals surface area contributed by atoms with Gasteiger partial charge in [-0.25, -0.2) is 4.79 Å². The molecule has 1 saturated heterocycles. The van der Waals surface area contributed by atoms with Crippen LogP contribution >= 0.6 is 0 Å². The van der Waals surface area contributed by atoms with Crippen molar-refractivity contribution in [1.82, 2.24) is 4.90 Å². The van der Waals surface area contributed by atoms with E-state index in [9.17, 15) is 9.59 Å². The molecule has 0 spiro atoms. The van der Waals surface area contributed by atoms with Crippen molar-refractivity contribution >= 4 is 11.9 Å². The Kier molecular flexibility index (Phi) is 4.46. The molecule has 0 bridgehead atoms. The standard InChI is InChI=1S/C18H23NO3/c20-17(19-12-2-4-14-3-1-5-16(14)19)11-8-13-6-9-15(10-7-13)18(21)22/h6-7,9-10,14,16H,1-5,8,11-12H2,(H,21,22). The van der Waals surface area contributed by atoms with Gasteiger partial charge in [0, 0.05) is 19.0 Å². The molecule has 1 aromatic rings. The van der Waals surface area contributed by atoms with E-state index in [1.54, 1.807) is 12.1 Å². The fourth-order valence-corrected chi connectivity index (χ4v) is 3.97. The smallest absolute Gasteiger partial charge is 0.335 e. The van der Waals surface area contributed by atoms with E-state index < -0.39 is 5.97 Å². The molecule has 1 aliphatic heterocycles. The van der Waals surface area contributed by atoms with Crippen molar-refractivity contribution < 1.29 is 14.7 Å². The number of piperidine rings is 1. The molecule has 2 unspecified atom stereocenters. The zero-order valence-electron chi connectivity index (χ0n) is 12.8. The zero-order valence-corrected chi connectivity index (χ0v) is 12.8. The Labute approximate surface area is 131 Å². The van der Waals surface area contributed by atoms with Crippen molar-refractivity contribution in [2.75, 3.05) is 6.54 Å². The van der Waals surface area contributed by atoms with Gasteiger partial charge in [-0.3, -0.25) is 4.79 Å². The lowest BCUT2D eigenvalue weighted by Crippen LogP contribution is -2.46. The van der Waals surface area contributed by atoms with Gasteiger partial charge >= 0.3 is 5.97 Å². The number of carboxylic acids is 1. The number of carboxylic acid groups (broad SMARTS) is 1. The Morgan fingerprint density at radius 2 is 1.82 bits per heavy atom. The highest BCUT2D eigenvalue weighted by Gasteiger charge is 2.36. The van der Waals surface area contributed by atoms with Crippen LogP contribution in [0.25, 0.3) is 0 Å². The average Bonchev–Trinajstić information content (AvgIpc) is 3.01. The lowest BCUT2D eigenvalue weighted by atomic mass is 9.91. The summed E-state index contributed by atoms with van der Waals surface area (Å²) in [4.78, 5) is 25.5. The summed E-state index contributed by atoms with van der Waals surface area (Å²) in [5.41, 5.74) is 1.32. The minimum absolute atomic E-state index is 0.263. The average molecular weight is 301 g/mol. The Hall–Kier alpha value is -1.84. The van der Waals surface area contributed by atoms with Gasteiger partial charge in [-0.1, -0.05) is 18.6 Å². The number of hydrogen-bond donors (Lipinski definition) is 1. The molecule has 4 heteroatoms. The van der Waals surface area contributed by atoms with E-state index in [4.69, 9.17) is 5.11 Å². The van der Waals surface area contributed by atoms with Crippen molar-refractivity contribution in [3.05, 3.63) is 35.4 Å². The van der Waals surface area contributed by atoms with Crippen molar-refractivity contribution in [3.63, 3.8) is 0 Å². The highest BCUT2D eigenvalue weighted by Crippen LogP contribution is 2.37. The number of carbonyl (C=O) groups excluding carboxylic acids is 1. The summed E-state index contributed by atoms with van der Waals surface area (Å²) >= 11 is 0. The first-order valence-corrected chi connectivity index (χ1v) is 8.27. The molecule has 2 aliphatic rings. The predicted octanol–water partition coefficient (Wildman–Crippen LogP) is 3.11. The summed E-state index contributed by atoms with van der Waals surface area (Å²) in [6, 6.07) is 7.32. The van der Waals surface area contributed by atoms with Crippen LogP contribution in [0.2, 0.25) is 0 Å². The number of rotatable bonds is 4. The second-order valence-electron chi connectivity index (χ2n) is 6.49. The highest BCUT2D eigenvalue weighted by atomic mass is 16.4. The SMILES string of the molecule is O=C(O)c1ccc(CCC(=O)N2CCCC3CCCC32)cc1. The molecule has 2 atom stereocenters. The highest BCUT2D eigenvalue weighted by molar-refractivity contribution is 5.87. The van der Waals surface area contributed by atoms with Crippen LogP contribution in [0.4, 0.5) is 0 Å². The monoisotopic (exact) mass is 301 g/mol. The summed E-state index contributed by atoms with van der Waals surface area (Å²) < 4.78 is 0. The van der Waals surface area contributed by atoms with Crippen LogP contribution in [-0.2, 0) is 11.2 Å². The number of carbonyl (C=O) groups is 2. The molecule has 2 fully saturated rings. The second kappa shape index (κ2) is 6.51. The maximum Gasteiger partial charge on any atom is 0.335 e. The molecule has 0 radical (unpaired) electrons. The van der Waals surface area contributed by atoms with Gasteiger partial charge in [0.05, 0.1) is 5.56 Å². The van der Waals surface area contributed by atoms with Crippen LogP contribution in [-0.4, -0.2) is 34.5 Å². The lowest BCUT2D eigenvalue weighted by Gasteiger charge is -2.38. The van der Waals surface area contributed by atoms with Gasteiger partial charge in [0.25, 0.3) is 0 Å².